The number of rotatable bonds is 3. The Kier molecular flexibility index (Phi) is 1.80. The van der Waals surface area contributed by atoms with E-state index >= 15 is 0 Å². The van der Waals surface area contributed by atoms with E-state index in [4.69, 9.17) is 0 Å². The molecule has 14 heavy (non-hydrogen) atoms. The third-order valence-corrected chi connectivity index (χ3v) is 6.52. The van der Waals surface area contributed by atoms with Crippen molar-refractivity contribution in [3.05, 3.63) is 0 Å². The van der Waals surface area contributed by atoms with Gasteiger partial charge in [-0.3, -0.25) is 0 Å². The first-order valence-corrected chi connectivity index (χ1v) is 6.37. The summed E-state index contributed by atoms with van der Waals surface area (Å²) in [7, 11) is 6.31. The van der Waals surface area contributed by atoms with Crippen molar-refractivity contribution in [2.45, 2.75) is 28.6 Å². The molecule has 4 heteroatoms. The van der Waals surface area contributed by atoms with E-state index < -0.39 is 0 Å². The van der Waals surface area contributed by atoms with E-state index in [1.54, 1.807) is 0 Å². The van der Waals surface area contributed by atoms with E-state index in [1.807, 2.05) is 0 Å². The minimum atomic E-state index is 0.207. The van der Waals surface area contributed by atoms with Gasteiger partial charge in [0.2, 0.25) is 0 Å². The van der Waals surface area contributed by atoms with Gasteiger partial charge in [-0.2, -0.15) is 0 Å². The molecular weight excluding hydrogens is 194 g/mol. The summed E-state index contributed by atoms with van der Waals surface area (Å²) in [5.74, 6) is 1.55. The zero-order valence-electron chi connectivity index (χ0n) is 9.05. The lowest BCUT2D eigenvalue weighted by Gasteiger charge is -2.37. The van der Waals surface area contributed by atoms with Gasteiger partial charge in [-0.15, -0.1) is 11.8 Å². The summed E-state index contributed by atoms with van der Waals surface area (Å²) in [5, 5.41) is 11.5. The second-order valence-electron chi connectivity index (χ2n) is 4.69. The van der Waals surface area contributed by atoms with Gasteiger partial charge in [0.15, 0.2) is 0 Å². The summed E-state index contributed by atoms with van der Waals surface area (Å²) in [6.45, 7) is 0. The Morgan fingerprint density at radius 1 is 1.07 bits per heavy atom. The van der Waals surface area contributed by atoms with Gasteiger partial charge in [0.25, 0.3) is 0 Å². The molecular formula is C10H19N3S. The highest BCUT2D eigenvalue weighted by Crippen LogP contribution is 2.74. The van der Waals surface area contributed by atoms with Crippen LogP contribution in [0.2, 0.25) is 0 Å². The Morgan fingerprint density at radius 2 is 1.79 bits per heavy atom. The smallest absolute Gasteiger partial charge is 0.0830 e. The molecule has 0 radical (unpaired) electrons. The molecule has 0 aromatic rings. The molecule has 3 rings (SSSR count). The van der Waals surface area contributed by atoms with Gasteiger partial charge in [-0.05, 0) is 34.0 Å². The molecule has 0 aromatic heterocycles. The number of thioether (sulfide) groups is 1. The number of hydrogen-bond acceptors (Lipinski definition) is 4. The molecule has 1 heterocycles. The Bertz CT molecular complexity index is 266. The summed E-state index contributed by atoms with van der Waals surface area (Å²) in [6.07, 6.45) is 2.74. The average molecular weight is 213 g/mol. The molecule has 0 aromatic carbocycles. The molecule has 3 aliphatic rings. The van der Waals surface area contributed by atoms with Crippen molar-refractivity contribution in [1.29, 1.82) is 0 Å². The molecule has 3 fully saturated rings. The lowest BCUT2D eigenvalue weighted by Crippen LogP contribution is -2.61. The second kappa shape index (κ2) is 2.67. The highest BCUT2D eigenvalue weighted by atomic mass is 32.2. The average Bonchev–Trinajstić information content (AvgIpc) is 2.84. The van der Waals surface area contributed by atoms with Crippen LogP contribution in [0.1, 0.15) is 12.8 Å². The molecule has 2 aliphatic carbocycles. The molecule has 80 valence electrons. The highest BCUT2D eigenvalue weighted by molar-refractivity contribution is 8.08. The van der Waals surface area contributed by atoms with Crippen molar-refractivity contribution in [3.8, 4) is 0 Å². The van der Waals surface area contributed by atoms with Crippen LogP contribution in [0.4, 0.5) is 0 Å². The van der Waals surface area contributed by atoms with Crippen LogP contribution in [0.5, 0.6) is 0 Å². The van der Waals surface area contributed by atoms with Crippen LogP contribution < -0.4 is 16.0 Å². The fourth-order valence-corrected chi connectivity index (χ4v) is 5.96. The minimum Gasteiger partial charge on any atom is -0.305 e. The first-order chi connectivity index (χ1) is 6.75. The Morgan fingerprint density at radius 3 is 2.21 bits per heavy atom. The van der Waals surface area contributed by atoms with E-state index in [0.717, 1.165) is 17.1 Å². The van der Waals surface area contributed by atoms with Crippen molar-refractivity contribution in [2.75, 3.05) is 21.1 Å². The van der Waals surface area contributed by atoms with Gasteiger partial charge >= 0.3 is 0 Å². The lowest BCUT2D eigenvalue weighted by atomic mass is 9.94. The summed E-state index contributed by atoms with van der Waals surface area (Å²) >= 11 is 2.15. The fraction of sp³-hybridized carbons (Fsp3) is 1.00. The summed E-state index contributed by atoms with van der Waals surface area (Å²) < 4.78 is 0. The highest BCUT2D eigenvalue weighted by Gasteiger charge is 2.79. The van der Waals surface area contributed by atoms with Crippen LogP contribution in [0.25, 0.3) is 0 Å². The zero-order chi connectivity index (χ0) is 9.97. The molecule has 1 saturated heterocycles. The van der Waals surface area contributed by atoms with E-state index in [1.165, 1.54) is 12.8 Å². The minimum absolute atomic E-state index is 0.207. The topological polar surface area (TPSA) is 36.1 Å². The first kappa shape index (κ1) is 9.46. The van der Waals surface area contributed by atoms with Gasteiger partial charge < -0.3 is 16.0 Å². The van der Waals surface area contributed by atoms with Gasteiger partial charge in [0, 0.05) is 17.1 Å². The monoisotopic (exact) mass is 213 g/mol. The van der Waals surface area contributed by atoms with Crippen LogP contribution in [0.15, 0.2) is 0 Å². The summed E-state index contributed by atoms with van der Waals surface area (Å²) in [6, 6.07) is 0. The van der Waals surface area contributed by atoms with E-state index in [0.29, 0.717) is 4.87 Å². The summed E-state index contributed by atoms with van der Waals surface area (Å²) in [4.78, 5) is 0.398. The van der Waals surface area contributed by atoms with Crippen molar-refractivity contribution in [3.63, 3.8) is 0 Å². The third kappa shape index (κ3) is 0.754. The van der Waals surface area contributed by atoms with Gasteiger partial charge in [0.05, 0.1) is 10.5 Å². The Hall–Kier alpha value is 0.230. The van der Waals surface area contributed by atoms with Crippen LogP contribution in [-0.4, -0.2) is 36.9 Å². The van der Waals surface area contributed by atoms with Crippen LogP contribution in [0.3, 0.4) is 0 Å². The molecule has 3 nitrogen and oxygen atoms in total. The van der Waals surface area contributed by atoms with Gasteiger partial charge in [-0.25, -0.2) is 0 Å². The Balaban J connectivity index is 1.98. The van der Waals surface area contributed by atoms with Crippen LogP contribution in [-0.2, 0) is 0 Å². The fourth-order valence-electron chi connectivity index (χ4n) is 4.06. The second-order valence-corrected chi connectivity index (χ2v) is 6.11. The van der Waals surface area contributed by atoms with Crippen LogP contribution in [0, 0.1) is 11.8 Å². The molecule has 0 amide bonds. The SMILES string of the molecule is CNC1(NC)C2CCC1C1(NC)SC21. The van der Waals surface area contributed by atoms with Crippen molar-refractivity contribution >= 4 is 11.8 Å². The van der Waals surface area contributed by atoms with Gasteiger partial charge in [-0.1, -0.05) is 0 Å². The van der Waals surface area contributed by atoms with Crippen LogP contribution >= 0.6 is 11.8 Å². The van der Waals surface area contributed by atoms with Crippen molar-refractivity contribution < 1.29 is 0 Å². The summed E-state index contributed by atoms with van der Waals surface area (Å²) in [5.41, 5.74) is 0.207. The molecule has 3 N–H and O–H groups in total. The maximum absolute atomic E-state index is 3.55. The maximum atomic E-state index is 3.55. The van der Waals surface area contributed by atoms with E-state index in [-0.39, 0.29) is 5.66 Å². The van der Waals surface area contributed by atoms with E-state index in [9.17, 15) is 0 Å². The number of fused-ring (bicyclic) bond motifs is 5. The zero-order valence-corrected chi connectivity index (χ0v) is 9.87. The van der Waals surface area contributed by atoms with Gasteiger partial charge in [0.1, 0.15) is 0 Å². The quantitative estimate of drug-likeness (QED) is 0.462. The first-order valence-electron chi connectivity index (χ1n) is 5.49. The normalized spacial score (nSPS) is 52.1. The number of hydrogen-bond donors (Lipinski definition) is 3. The van der Waals surface area contributed by atoms with Crippen molar-refractivity contribution in [2.24, 2.45) is 11.8 Å². The predicted octanol–water partition coefficient (Wildman–Crippen LogP) is 0.192. The molecule has 0 spiro atoms. The lowest BCUT2D eigenvalue weighted by molar-refractivity contribution is 0.198. The largest absolute Gasteiger partial charge is 0.305 e. The maximum Gasteiger partial charge on any atom is 0.0830 e. The molecule has 2 bridgehead atoms. The third-order valence-electron chi connectivity index (χ3n) is 4.69. The molecule has 2 saturated carbocycles. The predicted molar refractivity (Wildman–Crippen MR) is 60.2 cm³/mol. The standard InChI is InChI=1S/C10H19N3S/c1-11-9(12-2)6-4-5-7(9)10(13-3)8(6)14-10/h6-8,11-13H,4-5H2,1-3H3. The number of nitrogens with one attached hydrogen (secondary N) is 3. The Labute approximate surface area is 89.8 Å². The molecule has 4 atom stereocenters. The van der Waals surface area contributed by atoms with Crippen molar-refractivity contribution in [1.82, 2.24) is 16.0 Å². The molecule has 1 aliphatic heterocycles. The molecule has 4 unspecified atom stereocenters. The van der Waals surface area contributed by atoms with E-state index in [2.05, 4.69) is 48.9 Å².